The van der Waals surface area contributed by atoms with Gasteiger partial charge in [0.2, 0.25) is 0 Å². The van der Waals surface area contributed by atoms with Crippen LogP contribution < -0.4 is 0 Å². The van der Waals surface area contributed by atoms with Crippen LogP contribution in [0, 0.1) is 5.92 Å². The van der Waals surface area contributed by atoms with Gasteiger partial charge in [-0.25, -0.2) is 0 Å². The second-order valence-corrected chi connectivity index (χ2v) is 4.78. The first-order valence-electron chi connectivity index (χ1n) is 5.92. The Morgan fingerprint density at radius 2 is 1.92 bits per heavy atom. The fourth-order valence-corrected chi connectivity index (χ4v) is 2.50. The van der Waals surface area contributed by atoms with Crippen molar-refractivity contribution < 1.29 is 0 Å². The number of hydrogen-bond acceptors (Lipinski definition) is 1. The SMILES string of the molecule is CCC(C)C1CCCCN1C(C)C. The molecule has 0 amide bonds. The van der Waals surface area contributed by atoms with Crippen LogP contribution in [0.5, 0.6) is 0 Å². The highest BCUT2D eigenvalue weighted by Crippen LogP contribution is 2.26. The molecule has 1 saturated heterocycles. The topological polar surface area (TPSA) is 3.24 Å². The van der Waals surface area contributed by atoms with Crippen molar-refractivity contribution in [3.05, 3.63) is 0 Å². The molecule has 0 aromatic carbocycles. The van der Waals surface area contributed by atoms with E-state index in [1.54, 1.807) is 0 Å². The average molecular weight is 183 g/mol. The van der Waals surface area contributed by atoms with Crippen LogP contribution >= 0.6 is 0 Å². The average Bonchev–Trinajstić information content (AvgIpc) is 2.16. The van der Waals surface area contributed by atoms with Crippen molar-refractivity contribution in [3.63, 3.8) is 0 Å². The van der Waals surface area contributed by atoms with Gasteiger partial charge in [-0.15, -0.1) is 0 Å². The molecular weight excluding hydrogens is 158 g/mol. The summed E-state index contributed by atoms with van der Waals surface area (Å²) in [7, 11) is 0. The summed E-state index contributed by atoms with van der Waals surface area (Å²) in [4.78, 5) is 2.71. The second-order valence-electron chi connectivity index (χ2n) is 4.78. The Kier molecular flexibility index (Phi) is 4.24. The maximum atomic E-state index is 2.71. The predicted octanol–water partition coefficient (Wildman–Crippen LogP) is 3.30. The summed E-state index contributed by atoms with van der Waals surface area (Å²) < 4.78 is 0. The maximum Gasteiger partial charge on any atom is 0.0123 e. The van der Waals surface area contributed by atoms with E-state index in [9.17, 15) is 0 Å². The molecular formula is C12H25N. The van der Waals surface area contributed by atoms with Gasteiger partial charge in [-0.2, -0.15) is 0 Å². The fraction of sp³-hybridized carbons (Fsp3) is 1.00. The first-order chi connectivity index (χ1) is 6.16. The van der Waals surface area contributed by atoms with Crippen LogP contribution in [-0.2, 0) is 0 Å². The molecule has 0 aromatic rings. The van der Waals surface area contributed by atoms with E-state index >= 15 is 0 Å². The van der Waals surface area contributed by atoms with E-state index in [1.165, 1.54) is 32.2 Å². The lowest BCUT2D eigenvalue weighted by molar-refractivity contribution is 0.0740. The quantitative estimate of drug-likeness (QED) is 0.649. The van der Waals surface area contributed by atoms with Crippen molar-refractivity contribution in [3.8, 4) is 0 Å². The van der Waals surface area contributed by atoms with Gasteiger partial charge in [0, 0.05) is 12.1 Å². The Morgan fingerprint density at radius 3 is 2.46 bits per heavy atom. The van der Waals surface area contributed by atoms with Crippen molar-refractivity contribution in [2.75, 3.05) is 6.54 Å². The number of rotatable bonds is 3. The highest BCUT2D eigenvalue weighted by molar-refractivity contribution is 4.82. The van der Waals surface area contributed by atoms with Crippen LogP contribution in [0.3, 0.4) is 0 Å². The number of hydrogen-bond donors (Lipinski definition) is 0. The van der Waals surface area contributed by atoms with Gasteiger partial charge in [-0.05, 0) is 39.2 Å². The van der Waals surface area contributed by atoms with Gasteiger partial charge in [0.05, 0.1) is 0 Å². The molecule has 0 aliphatic carbocycles. The van der Waals surface area contributed by atoms with E-state index in [-0.39, 0.29) is 0 Å². The highest BCUT2D eigenvalue weighted by Gasteiger charge is 2.27. The van der Waals surface area contributed by atoms with E-state index in [0.29, 0.717) is 0 Å². The molecule has 0 radical (unpaired) electrons. The number of piperidine rings is 1. The van der Waals surface area contributed by atoms with E-state index in [2.05, 4.69) is 32.6 Å². The zero-order chi connectivity index (χ0) is 9.84. The van der Waals surface area contributed by atoms with E-state index in [1.807, 2.05) is 0 Å². The highest BCUT2D eigenvalue weighted by atomic mass is 15.2. The largest absolute Gasteiger partial charge is 0.298 e. The standard InChI is InChI=1S/C12H25N/c1-5-11(4)12-8-6-7-9-13(12)10(2)3/h10-12H,5-9H2,1-4H3. The van der Waals surface area contributed by atoms with Crippen molar-refractivity contribution in [2.24, 2.45) is 5.92 Å². The van der Waals surface area contributed by atoms with Crippen LogP contribution in [0.4, 0.5) is 0 Å². The fourth-order valence-electron chi connectivity index (χ4n) is 2.50. The molecule has 2 atom stereocenters. The summed E-state index contributed by atoms with van der Waals surface area (Å²) >= 11 is 0. The molecule has 0 bridgehead atoms. The minimum atomic E-state index is 0.735. The van der Waals surface area contributed by atoms with E-state index < -0.39 is 0 Å². The molecule has 1 heteroatoms. The van der Waals surface area contributed by atoms with Crippen molar-refractivity contribution in [1.82, 2.24) is 4.90 Å². The zero-order valence-corrected chi connectivity index (χ0v) is 9.71. The lowest BCUT2D eigenvalue weighted by atomic mass is 9.89. The van der Waals surface area contributed by atoms with Crippen molar-refractivity contribution >= 4 is 0 Å². The molecule has 1 aliphatic heterocycles. The van der Waals surface area contributed by atoms with Crippen molar-refractivity contribution in [2.45, 2.75) is 65.5 Å². The Morgan fingerprint density at radius 1 is 1.23 bits per heavy atom. The van der Waals surface area contributed by atoms with E-state index in [0.717, 1.165) is 18.0 Å². The molecule has 13 heavy (non-hydrogen) atoms. The third-order valence-electron chi connectivity index (χ3n) is 3.56. The molecule has 2 unspecified atom stereocenters. The third kappa shape index (κ3) is 2.70. The van der Waals surface area contributed by atoms with Crippen LogP contribution in [0.15, 0.2) is 0 Å². The predicted molar refractivity (Wildman–Crippen MR) is 58.9 cm³/mol. The van der Waals surface area contributed by atoms with Crippen LogP contribution in [0.1, 0.15) is 53.4 Å². The van der Waals surface area contributed by atoms with Gasteiger partial charge in [0.15, 0.2) is 0 Å². The molecule has 0 saturated carbocycles. The molecule has 1 aliphatic rings. The Hall–Kier alpha value is -0.0400. The van der Waals surface area contributed by atoms with Crippen LogP contribution in [0.2, 0.25) is 0 Å². The molecule has 1 fully saturated rings. The smallest absolute Gasteiger partial charge is 0.0123 e. The second kappa shape index (κ2) is 4.99. The molecule has 0 spiro atoms. The van der Waals surface area contributed by atoms with Crippen LogP contribution in [-0.4, -0.2) is 23.5 Å². The monoisotopic (exact) mass is 183 g/mol. The van der Waals surface area contributed by atoms with E-state index in [4.69, 9.17) is 0 Å². The number of likely N-dealkylation sites (tertiary alicyclic amines) is 1. The molecule has 1 rings (SSSR count). The Bertz CT molecular complexity index is 142. The molecule has 1 heterocycles. The first kappa shape index (κ1) is 11.0. The molecule has 0 N–H and O–H groups in total. The summed E-state index contributed by atoms with van der Waals surface area (Å²) in [6, 6.07) is 1.60. The summed E-state index contributed by atoms with van der Waals surface area (Å²) in [5.74, 6) is 0.877. The Labute approximate surface area is 83.5 Å². The first-order valence-corrected chi connectivity index (χ1v) is 5.92. The van der Waals surface area contributed by atoms with Gasteiger partial charge in [0.25, 0.3) is 0 Å². The molecule has 0 aromatic heterocycles. The summed E-state index contributed by atoms with van der Waals surface area (Å²) in [5.41, 5.74) is 0. The zero-order valence-electron chi connectivity index (χ0n) is 9.71. The number of nitrogens with zero attached hydrogens (tertiary/aromatic N) is 1. The summed E-state index contributed by atoms with van der Waals surface area (Å²) in [6.45, 7) is 10.7. The summed E-state index contributed by atoms with van der Waals surface area (Å²) in [5, 5.41) is 0. The normalized spacial score (nSPS) is 27.9. The minimum absolute atomic E-state index is 0.735. The van der Waals surface area contributed by atoms with Crippen molar-refractivity contribution in [1.29, 1.82) is 0 Å². The van der Waals surface area contributed by atoms with Gasteiger partial charge >= 0.3 is 0 Å². The van der Waals surface area contributed by atoms with Gasteiger partial charge < -0.3 is 0 Å². The van der Waals surface area contributed by atoms with Gasteiger partial charge in [-0.3, -0.25) is 4.90 Å². The molecule has 78 valence electrons. The molecule has 1 nitrogen and oxygen atoms in total. The minimum Gasteiger partial charge on any atom is -0.298 e. The lowest BCUT2D eigenvalue weighted by Gasteiger charge is -2.41. The summed E-state index contributed by atoms with van der Waals surface area (Å²) in [6.07, 6.45) is 5.60. The van der Waals surface area contributed by atoms with Gasteiger partial charge in [0.1, 0.15) is 0 Å². The Balaban J connectivity index is 2.56. The van der Waals surface area contributed by atoms with Gasteiger partial charge in [-0.1, -0.05) is 26.7 Å². The maximum absolute atomic E-state index is 2.71. The van der Waals surface area contributed by atoms with Crippen LogP contribution in [0.25, 0.3) is 0 Å². The third-order valence-corrected chi connectivity index (χ3v) is 3.56. The lowest BCUT2D eigenvalue weighted by Crippen LogP contribution is -2.46.